The first-order chi connectivity index (χ1) is 9.54. The molecule has 1 aromatic heterocycles. The summed E-state index contributed by atoms with van der Waals surface area (Å²) >= 11 is 0. The van der Waals surface area contributed by atoms with Gasteiger partial charge in [-0.2, -0.15) is 0 Å². The van der Waals surface area contributed by atoms with Gasteiger partial charge in [0, 0.05) is 31.3 Å². The Bertz CT molecular complexity index is 432. The first-order valence-corrected chi connectivity index (χ1v) is 7.01. The Morgan fingerprint density at radius 3 is 2.60 bits per heavy atom. The number of aromatic nitrogens is 1. The van der Waals surface area contributed by atoms with E-state index in [-0.39, 0.29) is 17.7 Å². The molecule has 0 aromatic carbocycles. The summed E-state index contributed by atoms with van der Waals surface area (Å²) in [6.45, 7) is 6.12. The summed E-state index contributed by atoms with van der Waals surface area (Å²) in [5, 5.41) is 5.60. The molecule has 1 rings (SSSR count). The van der Waals surface area contributed by atoms with Gasteiger partial charge in [-0.15, -0.1) is 0 Å². The van der Waals surface area contributed by atoms with Crippen LogP contribution >= 0.6 is 0 Å². The van der Waals surface area contributed by atoms with Crippen molar-refractivity contribution < 1.29 is 9.59 Å². The zero-order valence-electron chi connectivity index (χ0n) is 12.3. The van der Waals surface area contributed by atoms with Crippen molar-refractivity contribution in [2.45, 2.75) is 39.7 Å². The lowest BCUT2D eigenvalue weighted by Crippen LogP contribution is -2.49. The van der Waals surface area contributed by atoms with E-state index in [9.17, 15) is 9.59 Å². The molecule has 5 heteroatoms. The molecule has 2 amide bonds. The molecular weight excluding hydrogens is 254 g/mol. The van der Waals surface area contributed by atoms with Crippen molar-refractivity contribution in [1.82, 2.24) is 15.6 Å². The van der Waals surface area contributed by atoms with Crippen molar-refractivity contribution in [2.75, 3.05) is 6.54 Å². The van der Waals surface area contributed by atoms with Crippen LogP contribution in [0.2, 0.25) is 0 Å². The summed E-state index contributed by atoms with van der Waals surface area (Å²) in [6.07, 6.45) is 2.79. The molecule has 0 radical (unpaired) electrons. The van der Waals surface area contributed by atoms with Crippen molar-refractivity contribution in [3.8, 4) is 0 Å². The topological polar surface area (TPSA) is 71.1 Å². The second kappa shape index (κ2) is 8.30. The average molecular weight is 277 g/mol. The summed E-state index contributed by atoms with van der Waals surface area (Å²) in [6, 6.07) is 5.22. The molecule has 0 fully saturated rings. The van der Waals surface area contributed by atoms with Gasteiger partial charge in [0.15, 0.2) is 0 Å². The van der Waals surface area contributed by atoms with Gasteiger partial charge in [-0.05, 0) is 18.1 Å². The van der Waals surface area contributed by atoms with Gasteiger partial charge < -0.3 is 10.6 Å². The highest BCUT2D eigenvalue weighted by Crippen LogP contribution is 2.02. The van der Waals surface area contributed by atoms with E-state index in [1.54, 1.807) is 13.1 Å². The molecule has 2 N–H and O–H groups in total. The molecule has 1 heterocycles. The van der Waals surface area contributed by atoms with E-state index in [0.717, 1.165) is 5.69 Å². The molecule has 0 aliphatic rings. The lowest BCUT2D eigenvalue weighted by molar-refractivity contribution is -0.129. The van der Waals surface area contributed by atoms with E-state index in [1.807, 2.05) is 32.0 Å². The molecule has 20 heavy (non-hydrogen) atoms. The quantitative estimate of drug-likeness (QED) is 0.789. The van der Waals surface area contributed by atoms with Gasteiger partial charge in [0.1, 0.15) is 6.04 Å². The third-order valence-corrected chi connectivity index (χ3v) is 2.99. The highest BCUT2D eigenvalue weighted by atomic mass is 16.2. The number of hydrogen-bond acceptors (Lipinski definition) is 3. The zero-order valence-corrected chi connectivity index (χ0v) is 12.3. The van der Waals surface area contributed by atoms with E-state index < -0.39 is 6.04 Å². The maximum absolute atomic E-state index is 12.1. The van der Waals surface area contributed by atoms with Crippen LogP contribution in [0.5, 0.6) is 0 Å². The Morgan fingerprint density at radius 1 is 1.30 bits per heavy atom. The minimum Gasteiger partial charge on any atom is -0.354 e. The fourth-order valence-corrected chi connectivity index (χ4v) is 1.78. The summed E-state index contributed by atoms with van der Waals surface area (Å²) in [5.41, 5.74) is 0.937. The average Bonchev–Trinajstić information content (AvgIpc) is 2.45. The van der Waals surface area contributed by atoms with Gasteiger partial charge in [-0.25, -0.2) is 0 Å². The van der Waals surface area contributed by atoms with E-state index in [1.165, 1.54) is 0 Å². The predicted octanol–water partition coefficient (Wildman–Crippen LogP) is 1.29. The molecule has 5 nitrogen and oxygen atoms in total. The van der Waals surface area contributed by atoms with Gasteiger partial charge in [0.25, 0.3) is 0 Å². The van der Waals surface area contributed by atoms with Crippen molar-refractivity contribution in [3.63, 3.8) is 0 Å². The van der Waals surface area contributed by atoms with Crippen LogP contribution in [0, 0.1) is 5.92 Å². The molecule has 0 bridgehead atoms. The number of hydrogen-bond donors (Lipinski definition) is 2. The van der Waals surface area contributed by atoms with Gasteiger partial charge in [-0.3, -0.25) is 14.6 Å². The van der Waals surface area contributed by atoms with Crippen LogP contribution in [0.25, 0.3) is 0 Å². The molecular formula is C15H23N3O2. The SMILES string of the molecule is CCC(=O)NC(C(=O)NCCc1ccccn1)C(C)C. The normalized spacial score (nSPS) is 12.0. The summed E-state index contributed by atoms with van der Waals surface area (Å²) in [7, 11) is 0. The maximum atomic E-state index is 12.1. The number of rotatable bonds is 7. The van der Waals surface area contributed by atoms with Crippen LogP contribution in [0.15, 0.2) is 24.4 Å². The number of nitrogens with one attached hydrogen (secondary N) is 2. The third-order valence-electron chi connectivity index (χ3n) is 2.99. The fourth-order valence-electron chi connectivity index (χ4n) is 1.78. The van der Waals surface area contributed by atoms with Gasteiger partial charge in [-0.1, -0.05) is 26.8 Å². The van der Waals surface area contributed by atoms with Crippen LogP contribution in [-0.4, -0.2) is 29.4 Å². The van der Waals surface area contributed by atoms with Crippen LogP contribution in [0.4, 0.5) is 0 Å². The largest absolute Gasteiger partial charge is 0.354 e. The van der Waals surface area contributed by atoms with E-state index in [0.29, 0.717) is 19.4 Å². The molecule has 0 spiro atoms. The Hall–Kier alpha value is -1.91. The molecule has 0 aliphatic heterocycles. The monoisotopic (exact) mass is 277 g/mol. The number of nitrogens with zero attached hydrogens (tertiary/aromatic N) is 1. The standard InChI is InChI=1S/C15H23N3O2/c1-4-13(19)18-14(11(2)3)15(20)17-10-8-12-7-5-6-9-16-12/h5-7,9,11,14H,4,8,10H2,1-3H3,(H,17,20)(H,18,19). The van der Waals surface area contributed by atoms with Crippen LogP contribution in [0.1, 0.15) is 32.9 Å². The van der Waals surface area contributed by atoms with Crippen molar-refractivity contribution >= 4 is 11.8 Å². The number of carbonyl (C=O) groups is 2. The van der Waals surface area contributed by atoms with E-state index >= 15 is 0 Å². The Labute approximate surface area is 120 Å². The van der Waals surface area contributed by atoms with Crippen LogP contribution in [-0.2, 0) is 16.0 Å². The summed E-state index contributed by atoms with van der Waals surface area (Å²) in [4.78, 5) is 27.7. The molecule has 0 saturated heterocycles. The van der Waals surface area contributed by atoms with Gasteiger partial charge in [0.05, 0.1) is 0 Å². The minimum atomic E-state index is -0.480. The molecule has 110 valence electrons. The predicted molar refractivity (Wildman–Crippen MR) is 78.0 cm³/mol. The summed E-state index contributed by atoms with van der Waals surface area (Å²) in [5.74, 6) is -0.193. The highest BCUT2D eigenvalue weighted by Gasteiger charge is 2.23. The first-order valence-electron chi connectivity index (χ1n) is 7.01. The lowest BCUT2D eigenvalue weighted by atomic mass is 10.0. The Kier molecular flexibility index (Phi) is 6.70. The second-order valence-corrected chi connectivity index (χ2v) is 5.00. The molecule has 0 saturated carbocycles. The van der Waals surface area contributed by atoms with Crippen molar-refractivity contribution in [2.24, 2.45) is 5.92 Å². The van der Waals surface area contributed by atoms with E-state index in [2.05, 4.69) is 15.6 Å². The van der Waals surface area contributed by atoms with Crippen LogP contribution in [0.3, 0.4) is 0 Å². The number of carbonyl (C=O) groups excluding carboxylic acids is 2. The Morgan fingerprint density at radius 2 is 2.05 bits per heavy atom. The zero-order chi connectivity index (χ0) is 15.0. The van der Waals surface area contributed by atoms with E-state index in [4.69, 9.17) is 0 Å². The third kappa shape index (κ3) is 5.38. The Balaban J connectivity index is 2.44. The molecule has 1 atom stereocenters. The van der Waals surface area contributed by atoms with Crippen molar-refractivity contribution in [1.29, 1.82) is 0 Å². The number of amides is 2. The lowest BCUT2D eigenvalue weighted by Gasteiger charge is -2.21. The first kappa shape index (κ1) is 16.1. The van der Waals surface area contributed by atoms with Gasteiger partial charge in [0.2, 0.25) is 11.8 Å². The minimum absolute atomic E-state index is 0.0559. The smallest absolute Gasteiger partial charge is 0.242 e. The summed E-state index contributed by atoms with van der Waals surface area (Å²) < 4.78 is 0. The highest BCUT2D eigenvalue weighted by molar-refractivity contribution is 5.87. The second-order valence-electron chi connectivity index (χ2n) is 5.00. The molecule has 1 unspecified atom stereocenters. The maximum Gasteiger partial charge on any atom is 0.242 e. The molecule has 0 aliphatic carbocycles. The fraction of sp³-hybridized carbons (Fsp3) is 0.533. The molecule has 1 aromatic rings. The van der Waals surface area contributed by atoms with Gasteiger partial charge >= 0.3 is 0 Å². The number of pyridine rings is 1. The van der Waals surface area contributed by atoms with Crippen molar-refractivity contribution in [3.05, 3.63) is 30.1 Å². The van der Waals surface area contributed by atoms with Crippen LogP contribution < -0.4 is 10.6 Å².